The van der Waals surface area contributed by atoms with Crippen LogP contribution in [0, 0.1) is 0 Å². The zero-order chi connectivity index (χ0) is 14.8. The van der Waals surface area contributed by atoms with Gasteiger partial charge in [0, 0.05) is 19.7 Å². The summed E-state index contributed by atoms with van der Waals surface area (Å²) in [6, 6.07) is 0. The Kier molecular flexibility index (Phi) is 8.59. The molecule has 0 spiro atoms. The Morgan fingerprint density at radius 2 is 2.00 bits per heavy atom. The van der Waals surface area contributed by atoms with Crippen LogP contribution in [0.2, 0.25) is 0 Å². The lowest BCUT2D eigenvalue weighted by Crippen LogP contribution is -2.34. The largest absolute Gasteiger partial charge is 0.389 e. The fraction of sp³-hybridized carbons (Fsp3) is 1.00. The minimum atomic E-state index is -0.457. The highest BCUT2D eigenvalue weighted by atomic mass is 16.5. The van der Waals surface area contributed by atoms with Crippen molar-refractivity contribution in [3.8, 4) is 0 Å². The highest BCUT2D eigenvalue weighted by Crippen LogP contribution is 2.19. The van der Waals surface area contributed by atoms with Gasteiger partial charge in [-0.15, -0.1) is 0 Å². The van der Waals surface area contributed by atoms with E-state index >= 15 is 0 Å². The van der Waals surface area contributed by atoms with Crippen molar-refractivity contribution in [2.45, 2.75) is 63.3 Å². The van der Waals surface area contributed by atoms with E-state index in [0.29, 0.717) is 25.9 Å². The third kappa shape index (κ3) is 7.56. The maximum Gasteiger partial charge on any atom is 0.0897 e. The maximum atomic E-state index is 9.80. The lowest BCUT2D eigenvalue weighted by Gasteiger charge is -2.22. The van der Waals surface area contributed by atoms with E-state index in [1.54, 1.807) is 0 Å². The van der Waals surface area contributed by atoms with Crippen molar-refractivity contribution in [2.75, 3.05) is 39.5 Å². The molecule has 0 aromatic rings. The highest BCUT2D eigenvalue weighted by Gasteiger charge is 2.16. The molecule has 1 saturated heterocycles. The van der Waals surface area contributed by atoms with Crippen LogP contribution >= 0.6 is 0 Å². The molecular weight excluding hydrogens is 270 g/mol. The second-order valence-electron chi connectivity index (χ2n) is 6.16. The number of nitrogens with one attached hydrogen (secondary N) is 1. The quantitative estimate of drug-likeness (QED) is 0.599. The van der Waals surface area contributed by atoms with E-state index in [0.717, 1.165) is 32.6 Å². The molecule has 1 saturated carbocycles. The van der Waals surface area contributed by atoms with Crippen LogP contribution in [0.5, 0.6) is 0 Å². The van der Waals surface area contributed by atoms with Crippen LogP contribution in [0.3, 0.4) is 0 Å². The molecule has 0 radical (unpaired) electrons. The number of rotatable bonds is 10. The van der Waals surface area contributed by atoms with Crippen LogP contribution in [-0.4, -0.2) is 62.9 Å². The lowest BCUT2D eigenvalue weighted by molar-refractivity contribution is -0.0173. The first-order valence-electron chi connectivity index (χ1n) is 8.54. The Hall–Kier alpha value is -0.200. The fourth-order valence-electron chi connectivity index (χ4n) is 2.97. The van der Waals surface area contributed by atoms with Crippen LogP contribution in [-0.2, 0) is 14.2 Å². The van der Waals surface area contributed by atoms with E-state index in [9.17, 15) is 5.11 Å². The van der Waals surface area contributed by atoms with Gasteiger partial charge in [-0.3, -0.25) is 0 Å². The van der Waals surface area contributed by atoms with Crippen molar-refractivity contribution < 1.29 is 19.3 Å². The Bertz CT molecular complexity index is 253. The molecule has 1 heterocycles. The molecule has 0 aromatic heterocycles. The molecule has 5 nitrogen and oxygen atoms in total. The monoisotopic (exact) mass is 301 g/mol. The summed E-state index contributed by atoms with van der Waals surface area (Å²) in [6.07, 6.45) is 8.81. The molecule has 2 rings (SSSR count). The summed E-state index contributed by atoms with van der Waals surface area (Å²) in [5.41, 5.74) is 0. The van der Waals surface area contributed by atoms with Crippen LogP contribution in [0.25, 0.3) is 0 Å². The van der Waals surface area contributed by atoms with E-state index in [1.165, 1.54) is 32.1 Å². The zero-order valence-corrected chi connectivity index (χ0v) is 13.1. The Labute approximate surface area is 128 Å². The number of ether oxygens (including phenoxy) is 3. The Morgan fingerprint density at radius 3 is 2.76 bits per heavy atom. The van der Waals surface area contributed by atoms with Gasteiger partial charge in [-0.2, -0.15) is 0 Å². The molecule has 2 aliphatic rings. The maximum absolute atomic E-state index is 9.80. The van der Waals surface area contributed by atoms with Crippen molar-refractivity contribution >= 4 is 0 Å². The standard InChI is InChI=1S/C16H31NO4/c18-14(12-19-13-16-7-4-9-20-16)11-17-8-10-21-15-5-2-1-3-6-15/h14-18H,1-13H2. The summed E-state index contributed by atoms with van der Waals surface area (Å²) in [7, 11) is 0. The number of hydrogen-bond donors (Lipinski definition) is 2. The topological polar surface area (TPSA) is 60.0 Å². The van der Waals surface area contributed by atoms with Gasteiger partial charge < -0.3 is 24.6 Å². The molecular formula is C16H31NO4. The molecule has 0 aromatic carbocycles. The first-order chi connectivity index (χ1) is 10.3. The third-order valence-electron chi connectivity index (χ3n) is 4.20. The second kappa shape index (κ2) is 10.5. The van der Waals surface area contributed by atoms with Gasteiger partial charge in [-0.1, -0.05) is 19.3 Å². The van der Waals surface area contributed by atoms with Crippen molar-refractivity contribution in [2.24, 2.45) is 0 Å². The van der Waals surface area contributed by atoms with Crippen LogP contribution in [0.1, 0.15) is 44.9 Å². The van der Waals surface area contributed by atoms with E-state index in [2.05, 4.69) is 5.32 Å². The summed E-state index contributed by atoms with van der Waals surface area (Å²) in [6.45, 7) is 3.89. The predicted molar refractivity (Wildman–Crippen MR) is 81.5 cm³/mol. The van der Waals surface area contributed by atoms with Crippen molar-refractivity contribution in [3.63, 3.8) is 0 Å². The van der Waals surface area contributed by atoms with Crippen molar-refractivity contribution in [1.29, 1.82) is 0 Å². The van der Waals surface area contributed by atoms with E-state index < -0.39 is 6.10 Å². The Balaban J connectivity index is 1.37. The lowest BCUT2D eigenvalue weighted by atomic mass is 9.98. The first kappa shape index (κ1) is 17.2. The normalized spacial score (nSPS) is 25.3. The van der Waals surface area contributed by atoms with E-state index in [1.807, 2.05) is 0 Å². The predicted octanol–water partition coefficient (Wildman–Crippen LogP) is 1.48. The zero-order valence-electron chi connectivity index (χ0n) is 13.1. The minimum Gasteiger partial charge on any atom is -0.389 e. The van der Waals surface area contributed by atoms with Crippen LogP contribution < -0.4 is 5.32 Å². The van der Waals surface area contributed by atoms with Gasteiger partial charge in [-0.25, -0.2) is 0 Å². The van der Waals surface area contributed by atoms with Crippen molar-refractivity contribution in [3.05, 3.63) is 0 Å². The van der Waals surface area contributed by atoms with E-state index in [-0.39, 0.29) is 6.10 Å². The van der Waals surface area contributed by atoms with Gasteiger partial charge >= 0.3 is 0 Å². The van der Waals surface area contributed by atoms with Gasteiger partial charge in [0.15, 0.2) is 0 Å². The highest BCUT2D eigenvalue weighted by molar-refractivity contribution is 4.66. The molecule has 1 aliphatic carbocycles. The first-order valence-corrected chi connectivity index (χ1v) is 8.54. The molecule has 2 fully saturated rings. The fourth-order valence-corrected chi connectivity index (χ4v) is 2.97. The van der Waals surface area contributed by atoms with Gasteiger partial charge in [0.2, 0.25) is 0 Å². The number of hydrogen-bond acceptors (Lipinski definition) is 5. The average molecular weight is 301 g/mol. The smallest absolute Gasteiger partial charge is 0.0897 e. The average Bonchev–Trinajstić information content (AvgIpc) is 3.01. The van der Waals surface area contributed by atoms with Gasteiger partial charge in [-0.05, 0) is 25.7 Å². The SMILES string of the molecule is OC(CNCCOC1CCCCC1)COCC1CCCO1. The van der Waals surface area contributed by atoms with Crippen molar-refractivity contribution in [1.82, 2.24) is 5.32 Å². The second-order valence-corrected chi connectivity index (χ2v) is 6.16. The van der Waals surface area contributed by atoms with Crippen LogP contribution in [0.15, 0.2) is 0 Å². The summed E-state index contributed by atoms with van der Waals surface area (Å²) in [5.74, 6) is 0. The summed E-state index contributed by atoms with van der Waals surface area (Å²) in [5, 5.41) is 13.0. The van der Waals surface area contributed by atoms with Crippen LogP contribution in [0.4, 0.5) is 0 Å². The van der Waals surface area contributed by atoms with Gasteiger partial charge in [0.05, 0.1) is 38.1 Å². The molecule has 0 amide bonds. The molecule has 2 unspecified atom stereocenters. The molecule has 1 aliphatic heterocycles. The molecule has 2 N–H and O–H groups in total. The summed E-state index contributed by atoms with van der Waals surface area (Å²) < 4.78 is 16.8. The number of aliphatic hydroxyl groups excluding tert-OH is 1. The van der Waals surface area contributed by atoms with E-state index in [4.69, 9.17) is 14.2 Å². The van der Waals surface area contributed by atoms with Gasteiger partial charge in [0.1, 0.15) is 0 Å². The molecule has 5 heteroatoms. The molecule has 2 atom stereocenters. The summed E-state index contributed by atoms with van der Waals surface area (Å²) in [4.78, 5) is 0. The summed E-state index contributed by atoms with van der Waals surface area (Å²) >= 11 is 0. The minimum absolute atomic E-state index is 0.231. The van der Waals surface area contributed by atoms with Gasteiger partial charge in [0.25, 0.3) is 0 Å². The molecule has 124 valence electrons. The third-order valence-corrected chi connectivity index (χ3v) is 4.20. The Morgan fingerprint density at radius 1 is 1.14 bits per heavy atom. The molecule has 21 heavy (non-hydrogen) atoms. The molecule has 0 bridgehead atoms. The number of aliphatic hydroxyl groups is 1.